The lowest BCUT2D eigenvalue weighted by molar-refractivity contribution is -0.116. The van der Waals surface area contributed by atoms with Crippen LogP contribution in [-0.2, 0) is 4.79 Å². The number of rotatable bonds is 5. The van der Waals surface area contributed by atoms with Gasteiger partial charge in [0.05, 0.1) is 11.6 Å². The summed E-state index contributed by atoms with van der Waals surface area (Å²) in [5.74, 6) is 1.05. The largest absolute Gasteiger partial charge is 0.492 e. The molecular weight excluding hydrogens is 264 g/mol. The van der Waals surface area contributed by atoms with Crippen molar-refractivity contribution in [3.8, 4) is 5.75 Å². The van der Waals surface area contributed by atoms with E-state index >= 15 is 0 Å². The molecule has 5 heteroatoms. The summed E-state index contributed by atoms with van der Waals surface area (Å²) in [6.45, 7) is 4.98. The average molecular weight is 283 g/mol. The van der Waals surface area contributed by atoms with Gasteiger partial charge in [-0.2, -0.15) is 0 Å². The van der Waals surface area contributed by atoms with E-state index in [0.717, 1.165) is 18.4 Å². The smallest absolute Gasteiger partial charge is 0.245 e. The number of fused-ring (bicyclic) bond motifs is 1. The molecule has 1 unspecified atom stereocenters. The molecule has 1 atom stereocenters. The number of ether oxygens (including phenoxy) is 1. The Kier molecular flexibility index (Phi) is 4.32. The van der Waals surface area contributed by atoms with Crippen LogP contribution in [0.5, 0.6) is 5.75 Å². The minimum absolute atomic E-state index is 0.206. The van der Waals surface area contributed by atoms with Crippen LogP contribution in [-0.4, -0.2) is 12.5 Å². The third kappa shape index (κ3) is 3.19. The Bertz CT molecular complexity index is 489. The molecule has 0 fully saturated rings. The molecule has 1 amide bonds. The summed E-state index contributed by atoms with van der Waals surface area (Å²) >= 11 is 6.14. The fourth-order valence-corrected chi connectivity index (χ4v) is 2.30. The SMILES string of the molecule is CC(C)CCCOc1cc2c(cc1Cl)C(N)C(=O)N2. The molecule has 0 aromatic heterocycles. The van der Waals surface area contributed by atoms with Crippen molar-refractivity contribution in [3.05, 3.63) is 22.7 Å². The number of nitrogens with one attached hydrogen (secondary N) is 1. The number of benzene rings is 1. The van der Waals surface area contributed by atoms with Crippen LogP contribution < -0.4 is 15.8 Å². The molecule has 4 nitrogen and oxygen atoms in total. The predicted molar refractivity (Wildman–Crippen MR) is 76.6 cm³/mol. The van der Waals surface area contributed by atoms with Crippen molar-refractivity contribution in [2.75, 3.05) is 11.9 Å². The van der Waals surface area contributed by atoms with Crippen molar-refractivity contribution in [3.63, 3.8) is 0 Å². The normalized spacial score (nSPS) is 17.5. The second-order valence-electron chi connectivity index (χ2n) is 5.22. The van der Waals surface area contributed by atoms with Crippen LogP contribution in [0.15, 0.2) is 12.1 Å². The molecule has 0 bridgehead atoms. The monoisotopic (exact) mass is 282 g/mol. The minimum atomic E-state index is -0.637. The molecule has 1 aliphatic rings. The van der Waals surface area contributed by atoms with Crippen LogP contribution in [0.25, 0.3) is 0 Å². The zero-order valence-electron chi connectivity index (χ0n) is 11.2. The Morgan fingerprint density at radius 2 is 2.21 bits per heavy atom. The second kappa shape index (κ2) is 5.80. The Balaban J connectivity index is 2.03. The lowest BCUT2D eigenvalue weighted by Gasteiger charge is -2.11. The number of hydrogen-bond donors (Lipinski definition) is 2. The molecule has 3 N–H and O–H groups in total. The van der Waals surface area contributed by atoms with Gasteiger partial charge in [0.25, 0.3) is 0 Å². The molecule has 0 saturated heterocycles. The highest BCUT2D eigenvalue weighted by molar-refractivity contribution is 6.32. The Hall–Kier alpha value is -1.26. The molecular formula is C14H19ClN2O2. The zero-order chi connectivity index (χ0) is 14.0. The number of amides is 1. The summed E-state index contributed by atoms with van der Waals surface area (Å²) < 4.78 is 5.66. The van der Waals surface area contributed by atoms with Gasteiger partial charge >= 0.3 is 0 Å². The van der Waals surface area contributed by atoms with E-state index < -0.39 is 6.04 Å². The quantitative estimate of drug-likeness (QED) is 0.816. The summed E-state index contributed by atoms with van der Waals surface area (Å²) in [6, 6.07) is 2.82. The zero-order valence-corrected chi connectivity index (χ0v) is 12.0. The van der Waals surface area contributed by atoms with Gasteiger partial charge in [-0.05, 0) is 24.8 Å². The summed E-state index contributed by atoms with van der Waals surface area (Å²) in [4.78, 5) is 11.5. The summed E-state index contributed by atoms with van der Waals surface area (Å²) in [5.41, 5.74) is 7.17. The first-order valence-corrected chi connectivity index (χ1v) is 6.89. The van der Waals surface area contributed by atoms with Gasteiger partial charge in [-0.1, -0.05) is 25.4 Å². The number of hydrogen-bond acceptors (Lipinski definition) is 3. The van der Waals surface area contributed by atoms with Crippen LogP contribution >= 0.6 is 11.6 Å². The van der Waals surface area contributed by atoms with E-state index in [4.69, 9.17) is 22.1 Å². The molecule has 1 aromatic carbocycles. The second-order valence-corrected chi connectivity index (χ2v) is 5.63. The van der Waals surface area contributed by atoms with E-state index in [1.54, 1.807) is 12.1 Å². The van der Waals surface area contributed by atoms with E-state index in [9.17, 15) is 4.79 Å². The topological polar surface area (TPSA) is 64.3 Å². The molecule has 1 heterocycles. The third-order valence-corrected chi connectivity index (χ3v) is 3.46. The highest BCUT2D eigenvalue weighted by atomic mass is 35.5. The van der Waals surface area contributed by atoms with Crippen LogP contribution in [0.1, 0.15) is 38.3 Å². The minimum Gasteiger partial charge on any atom is -0.492 e. The summed E-state index contributed by atoms with van der Waals surface area (Å²) in [5, 5.41) is 3.22. The van der Waals surface area contributed by atoms with Crippen molar-refractivity contribution in [2.45, 2.75) is 32.7 Å². The average Bonchev–Trinajstić information content (AvgIpc) is 2.61. The van der Waals surface area contributed by atoms with E-state index in [-0.39, 0.29) is 5.91 Å². The van der Waals surface area contributed by atoms with Crippen LogP contribution in [0.2, 0.25) is 5.02 Å². The van der Waals surface area contributed by atoms with Gasteiger partial charge < -0.3 is 15.8 Å². The molecule has 0 spiro atoms. The number of anilines is 1. The highest BCUT2D eigenvalue weighted by Gasteiger charge is 2.28. The maximum atomic E-state index is 11.5. The predicted octanol–water partition coefficient (Wildman–Crippen LogP) is 3.11. The lowest BCUT2D eigenvalue weighted by Crippen LogP contribution is -2.19. The van der Waals surface area contributed by atoms with Crippen molar-refractivity contribution in [1.29, 1.82) is 0 Å². The van der Waals surface area contributed by atoms with Crippen molar-refractivity contribution in [2.24, 2.45) is 11.7 Å². The lowest BCUT2D eigenvalue weighted by atomic mass is 10.1. The molecule has 1 aromatic rings. The fourth-order valence-electron chi connectivity index (χ4n) is 2.07. The fraction of sp³-hybridized carbons (Fsp3) is 0.500. The van der Waals surface area contributed by atoms with Crippen molar-refractivity contribution >= 4 is 23.2 Å². The third-order valence-electron chi connectivity index (χ3n) is 3.16. The standard InChI is InChI=1S/C14H19ClN2O2/c1-8(2)4-3-5-19-12-7-11-9(6-10(12)15)13(16)14(18)17-11/h6-8,13H,3-5,16H2,1-2H3,(H,17,18). The molecule has 19 heavy (non-hydrogen) atoms. The van der Waals surface area contributed by atoms with E-state index in [1.165, 1.54) is 0 Å². The molecule has 104 valence electrons. The first-order chi connectivity index (χ1) is 8.99. The van der Waals surface area contributed by atoms with E-state index in [0.29, 0.717) is 29.0 Å². The molecule has 2 rings (SSSR count). The van der Waals surface area contributed by atoms with Gasteiger partial charge in [0.1, 0.15) is 11.8 Å². The van der Waals surface area contributed by atoms with Crippen LogP contribution in [0.3, 0.4) is 0 Å². The molecule has 0 radical (unpaired) electrons. The van der Waals surface area contributed by atoms with Gasteiger partial charge in [0.2, 0.25) is 5.91 Å². The van der Waals surface area contributed by atoms with Crippen LogP contribution in [0, 0.1) is 5.92 Å². The van der Waals surface area contributed by atoms with Gasteiger partial charge in [-0.3, -0.25) is 4.79 Å². The van der Waals surface area contributed by atoms with E-state index in [1.807, 2.05) is 0 Å². The number of carbonyl (C=O) groups excluding carboxylic acids is 1. The number of nitrogens with two attached hydrogens (primary N) is 1. The van der Waals surface area contributed by atoms with Crippen LogP contribution in [0.4, 0.5) is 5.69 Å². The van der Waals surface area contributed by atoms with Gasteiger partial charge in [0, 0.05) is 17.3 Å². The van der Waals surface area contributed by atoms with Gasteiger partial charge in [-0.25, -0.2) is 0 Å². The number of carbonyl (C=O) groups is 1. The Labute approximate surface area is 118 Å². The summed E-state index contributed by atoms with van der Waals surface area (Å²) in [6.07, 6.45) is 2.10. The molecule has 1 aliphatic heterocycles. The van der Waals surface area contributed by atoms with E-state index in [2.05, 4.69) is 19.2 Å². The maximum absolute atomic E-state index is 11.5. The van der Waals surface area contributed by atoms with Crippen molar-refractivity contribution in [1.82, 2.24) is 0 Å². The Morgan fingerprint density at radius 1 is 1.47 bits per heavy atom. The molecule has 0 saturated carbocycles. The first-order valence-electron chi connectivity index (χ1n) is 6.51. The first kappa shape index (κ1) is 14.2. The maximum Gasteiger partial charge on any atom is 0.245 e. The number of halogens is 1. The Morgan fingerprint density at radius 3 is 2.89 bits per heavy atom. The molecule has 0 aliphatic carbocycles. The highest BCUT2D eigenvalue weighted by Crippen LogP contribution is 2.37. The van der Waals surface area contributed by atoms with Gasteiger partial charge in [0.15, 0.2) is 0 Å². The van der Waals surface area contributed by atoms with Gasteiger partial charge in [-0.15, -0.1) is 0 Å². The van der Waals surface area contributed by atoms with Crippen molar-refractivity contribution < 1.29 is 9.53 Å². The summed E-state index contributed by atoms with van der Waals surface area (Å²) in [7, 11) is 0.